The zero-order valence-electron chi connectivity index (χ0n) is 20.2. The summed E-state index contributed by atoms with van der Waals surface area (Å²) >= 11 is 0. The third-order valence-electron chi connectivity index (χ3n) is 6.24. The first-order valence-electron chi connectivity index (χ1n) is 11.7. The number of benzene rings is 1. The fourth-order valence-electron chi connectivity index (χ4n) is 4.32. The second-order valence-electron chi connectivity index (χ2n) is 8.70. The van der Waals surface area contributed by atoms with Gasteiger partial charge in [-0.2, -0.15) is 13.9 Å². The maximum Gasteiger partial charge on any atom is 0.333 e. The molecule has 3 N–H and O–H groups in total. The number of piperidine rings is 1. The third-order valence-corrected chi connectivity index (χ3v) is 6.24. The van der Waals surface area contributed by atoms with Crippen LogP contribution >= 0.6 is 0 Å². The number of methoxy groups -OCH3 is 1. The molecule has 0 bridgehead atoms. The van der Waals surface area contributed by atoms with Crippen LogP contribution in [0.25, 0.3) is 22.5 Å². The molecule has 0 unspecified atom stereocenters. The number of pyridine rings is 1. The van der Waals surface area contributed by atoms with Crippen molar-refractivity contribution in [1.82, 2.24) is 24.7 Å². The highest BCUT2D eigenvalue weighted by molar-refractivity contribution is 5.80. The molecule has 0 aliphatic carbocycles. The molecule has 5 rings (SSSR count). The van der Waals surface area contributed by atoms with E-state index < -0.39 is 24.6 Å². The summed E-state index contributed by atoms with van der Waals surface area (Å²) in [4.78, 5) is 14.9. The van der Waals surface area contributed by atoms with Crippen LogP contribution in [-0.2, 0) is 0 Å². The maximum absolute atomic E-state index is 14.6. The van der Waals surface area contributed by atoms with E-state index in [4.69, 9.17) is 10.5 Å². The number of anilines is 3. The van der Waals surface area contributed by atoms with E-state index in [1.54, 1.807) is 18.2 Å². The summed E-state index contributed by atoms with van der Waals surface area (Å²) in [5.74, 6) is 0.548. The lowest BCUT2D eigenvalue weighted by atomic mass is 10.0. The maximum atomic E-state index is 14.6. The van der Waals surface area contributed by atoms with E-state index >= 15 is 0 Å². The number of nitrogens with zero attached hydrogens (tertiary/aromatic N) is 6. The molecule has 38 heavy (non-hydrogen) atoms. The Labute approximate surface area is 215 Å². The Morgan fingerprint density at radius 1 is 1.16 bits per heavy atom. The molecule has 0 saturated carbocycles. The van der Waals surface area contributed by atoms with Gasteiger partial charge in [0.1, 0.15) is 29.4 Å². The molecule has 2 atom stereocenters. The minimum absolute atomic E-state index is 0.109. The normalized spacial score (nSPS) is 17.6. The summed E-state index contributed by atoms with van der Waals surface area (Å²) in [7, 11) is 1.43. The summed E-state index contributed by atoms with van der Waals surface area (Å²) < 4.78 is 60.7. The first-order valence-corrected chi connectivity index (χ1v) is 11.7. The number of nitrogens with two attached hydrogens (primary N) is 1. The van der Waals surface area contributed by atoms with Crippen molar-refractivity contribution in [1.29, 1.82) is 0 Å². The molecule has 0 amide bonds. The summed E-state index contributed by atoms with van der Waals surface area (Å²) in [6.07, 6.45) is 4.61. The molecule has 1 aliphatic rings. The monoisotopic (exact) mass is 528 g/mol. The molecule has 4 aromatic rings. The van der Waals surface area contributed by atoms with Gasteiger partial charge in [0.15, 0.2) is 5.82 Å². The highest BCUT2D eigenvalue weighted by atomic mass is 19.3. The van der Waals surface area contributed by atoms with Crippen LogP contribution in [0, 0.1) is 5.82 Å². The Morgan fingerprint density at radius 3 is 2.74 bits per heavy atom. The third kappa shape index (κ3) is 5.09. The van der Waals surface area contributed by atoms with Crippen LogP contribution in [0.3, 0.4) is 0 Å². The molecule has 1 saturated heterocycles. The van der Waals surface area contributed by atoms with Crippen molar-refractivity contribution in [3.8, 4) is 28.3 Å². The molecule has 1 fully saturated rings. The molecule has 3 aromatic heterocycles. The predicted octanol–water partition coefficient (Wildman–Crippen LogP) is 4.56. The van der Waals surface area contributed by atoms with Gasteiger partial charge in [-0.25, -0.2) is 28.4 Å². The van der Waals surface area contributed by atoms with Gasteiger partial charge in [-0.15, -0.1) is 0 Å². The molecule has 1 aromatic carbocycles. The Hall–Kier alpha value is -4.26. The van der Waals surface area contributed by atoms with Crippen molar-refractivity contribution < 1.29 is 22.3 Å². The minimum atomic E-state index is -2.79. The summed E-state index contributed by atoms with van der Waals surface area (Å²) in [5, 5.41) is 6.79. The van der Waals surface area contributed by atoms with Gasteiger partial charge >= 0.3 is 6.55 Å². The number of hydrogen-bond acceptors (Lipinski definition) is 8. The highest BCUT2D eigenvalue weighted by Gasteiger charge is 2.28. The predicted molar refractivity (Wildman–Crippen MR) is 134 cm³/mol. The summed E-state index contributed by atoms with van der Waals surface area (Å²) in [6.45, 7) is -2.19. The Kier molecular flexibility index (Phi) is 7.09. The van der Waals surface area contributed by atoms with Crippen LogP contribution in [0.1, 0.15) is 13.0 Å². The highest BCUT2D eigenvalue weighted by Crippen LogP contribution is 2.35. The van der Waals surface area contributed by atoms with E-state index in [0.717, 1.165) is 0 Å². The number of alkyl halides is 3. The second kappa shape index (κ2) is 10.6. The zero-order valence-corrected chi connectivity index (χ0v) is 20.2. The summed E-state index contributed by atoms with van der Waals surface area (Å²) in [5.41, 5.74) is 7.67. The van der Waals surface area contributed by atoms with Gasteiger partial charge in [0, 0.05) is 54.6 Å². The average molecular weight is 529 g/mol. The van der Waals surface area contributed by atoms with Gasteiger partial charge in [-0.05, 0) is 24.6 Å². The first kappa shape index (κ1) is 25.4. The summed E-state index contributed by atoms with van der Waals surface area (Å²) in [6, 6.07) is 7.00. The Balaban J connectivity index is 1.50. The van der Waals surface area contributed by atoms with Crippen LogP contribution in [-0.4, -0.2) is 57.1 Å². The van der Waals surface area contributed by atoms with E-state index in [-0.39, 0.29) is 30.1 Å². The largest absolute Gasteiger partial charge is 0.496 e. The van der Waals surface area contributed by atoms with Gasteiger partial charge < -0.3 is 20.7 Å². The van der Waals surface area contributed by atoms with Gasteiger partial charge in [0.25, 0.3) is 0 Å². The molecule has 0 radical (unpaired) electrons. The lowest BCUT2D eigenvalue weighted by Gasteiger charge is -2.35. The van der Waals surface area contributed by atoms with Crippen molar-refractivity contribution in [2.24, 2.45) is 5.73 Å². The molecule has 4 heterocycles. The molecule has 1 aliphatic heterocycles. The lowest BCUT2D eigenvalue weighted by Crippen LogP contribution is -2.49. The quantitative estimate of drug-likeness (QED) is 0.336. The van der Waals surface area contributed by atoms with Crippen molar-refractivity contribution in [2.75, 3.05) is 30.4 Å². The van der Waals surface area contributed by atoms with Crippen molar-refractivity contribution >= 4 is 17.3 Å². The number of aromatic nitrogens is 5. The van der Waals surface area contributed by atoms with Crippen LogP contribution in [0.15, 0.2) is 55.1 Å². The number of nitrogens with one attached hydrogen (secondary N) is 1. The van der Waals surface area contributed by atoms with E-state index in [1.807, 2.05) is 4.90 Å². The van der Waals surface area contributed by atoms with Gasteiger partial charge in [-0.1, -0.05) is 6.07 Å². The fraction of sp³-hybridized carbons (Fsp3) is 0.280. The van der Waals surface area contributed by atoms with Crippen molar-refractivity contribution in [3.63, 3.8) is 0 Å². The molecule has 9 nitrogen and oxygen atoms in total. The van der Waals surface area contributed by atoms with Crippen molar-refractivity contribution in [2.45, 2.75) is 25.2 Å². The van der Waals surface area contributed by atoms with Crippen LogP contribution in [0.2, 0.25) is 0 Å². The second-order valence-corrected chi connectivity index (χ2v) is 8.70. The van der Waals surface area contributed by atoms with E-state index in [9.17, 15) is 17.6 Å². The van der Waals surface area contributed by atoms with Gasteiger partial charge in [-0.3, -0.25) is 0 Å². The SMILES string of the molecule is COc1cccc(F)c1-c1nccc(Nc2cc(N3CC[C@H](F)[C@H](N)C3)c(-c3cnn(C(F)F)c3)cn2)n1. The number of hydrogen-bond donors (Lipinski definition) is 2. The number of ether oxygens (including phenoxy) is 1. The van der Waals surface area contributed by atoms with Crippen LogP contribution in [0.5, 0.6) is 5.75 Å². The average Bonchev–Trinajstić information content (AvgIpc) is 3.41. The zero-order chi connectivity index (χ0) is 26.8. The Morgan fingerprint density at radius 2 is 2.00 bits per heavy atom. The van der Waals surface area contributed by atoms with E-state index in [2.05, 4.69) is 25.4 Å². The standard InChI is InChI=1S/C25H24F4N8O/c1-38-20-4-2-3-17(27)23(20)24-31-7-5-21(35-24)34-22-9-19(36-8-6-16(26)18(30)13-36)15(11-32-22)14-10-33-37(12-14)25(28)29/h2-5,7,9-12,16,18,25H,6,8,13,30H2,1H3,(H,31,32,34,35)/t16-,18+/m0/s1. The van der Waals surface area contributed by atoms with Crippen molar-refractivity contribution in [3.05, 3.63) is 60.9 Å². The van der Waals surface area contributed by atoms with E-state index in [0.29, 0.717) is 39.7 Å². The number of rotatable bonds is 7. The Bertz CT molecular complexity index is 1430. The minimum Gasteiger partial charge on any atom is -0.496 e. The van der Waals surface area contributed by atoms with Gasteiger partial charge in [0.2, 0.25) is 0 Å². The number of halogens is 4. The fourth-order valence-corrected chi connectivity index (χ4v) is 4.32. The smallest absolute Gasteiger partial charge is 0.333 e. The molecule has 13 heteroatoms. The van der Waals surface area contributed by atoms with Gasteiger partial charge in [0.05, 0.1) is 24.9 Å². The molecule has 0 spiro atoms. The molecular weight excluding hydrogens is 504 g/mol. The van der Waals surface area contributed by atoms with E-state index in [1.165, 1.54) is 44.0 Å². The lowest BCUT2D eigenvalue weighted by molar-refractivity contribution is 0.0566. The topological polar surface area (TPSA) is 107 Å². The first-order chi connectivity index (χ1) is 18.3. The van der Waals surface area contributed by atoms with Crippen LogP contribution < -0.4 is 20.7 Å². The molecule has 198 valence electrons. The van der Waals surface area contributed by atoms with Crippen LogP contribution in [0.4, 0.5) is 34.9 Å². The molecular formula is C25H24F4N8O.